The molecule has 0 spiro atoms. The Morgan fingerprint density at radius 1 is 1.11 bits per heavy atom. The van der Waals surface area contributed by atoms with E-state index in [-0.39, 0.29) is 0 Å². The molecule has 0 saturated carbocycles. The van der Waals surface area contributed by atoms with E-state index in [9.17, 15) is 0 Å². The Morgan fingerprint density at radius 3 is 2.74 bits per heavy atom. The lowest BCUT2D eigenvalue weighted by molar-refractivity contribution is 0.367. The first-order valence-corrected chi connectivity index (χ1v) is 6.92. The topological polar surface area (TPSA) is 39.3 Å². The molecule has 0 aromatic heterocycles. The minimum atomic E-state index is 0.949. The molecule has 1 aromatic carbocycles. The molecule has 3 N–H and O–H groups in total. The molecule has 1 aliphatic heterocycles. The zero-order valence-electron chi connectivity index (χ0n) is 11.9. The minimum Gasteiger partial charge on any atom is -0.383 e. The van der Waals surface area contributed by atoms with Crippen LogP contribution in [0.15, 0.2) is 24.4 Å². The Bertz CT molecular complexity index is 428. The first kappa shape index (κ1) is 13.9. The summed E-state index contributed by atoms with van der Waals surface area (Å²) in [5, 5.41) is 9.83. The van der Waals surface area contributed by atoms with Crippen molar-refractivity contribution in [3.63, 3.8) is 0 Å². The average molecular weight is 260 g/mol. The number of likely N-dealkylation sites (N-methyl/N-ethyl adjacent to an activating group) is 2. The fourth-order valence-electron chi connectivity index (χ4n) is 2.28. The van der Waals surface area contributed by atoms with Crippen molar-refractivity contribution in [2.45, 2.75) is 6.54 Å². The van der Waals surface area contributed by atoms with Gasteiger partial charge in [0.1, 0.15) is 0 Å². The van der Waals surface area contributed by atoms with Crippen LogP contribution < -0.4 is 16.0 Å². The zero-order valence-corrected chi connectivity index (χ0v) is 11.9. The van der Waals surface area contributed by atoms with Crippen LogP contribution in [0.4, 0.5) is 5.69 Å². The molecule has 0 bridgehead atoms. The largest absolute Gasteiger partial charge is 0.383 e. The van der Waals surface area contributed by atoms with Gasteiger partial charge < -0.3 is 20.9 Å². The van der Waals surface area contributed by atoms with Gasteiger partial charge in [0.05, 0.1) is 0 Å². The van der Waals surface area contributed by atoms with E-state index in [0.29, 0.717) is 0 Å². The van der Waals surface area contributed by atoms with Crippen LogP contribution >= 0.6 is 0 Å². The average Bonchev–Trinajstić information content (AvgIpc) is 2.45. The van der Waals surface area contributed by atoms with Crippen molar-refractivity contribution in [2.75, 3.05) is 45.6 Å². The molecule has 0 atom stereocenters. The molecule has 0 unspecified atom stereocenters. The highest BCUT2D eigenvalue weighted by atomic mass is 15.1. The SMILES string of the molecule is CNCCNc1cccc2c1C=CN(CCNC)C2. The predicted octanol–water partition coefficient (Wildman–Crippen LogP) is 1.32. The number of benzene rings is 1. The molecule has 0 amide bonds. The normalized spacial score (nSPS) is 13.5. The van der Waals surface area contributed by atoms with Crippen molar-refractivity contribution in [1.29, 1.82) is 0 Å². The van der Waals surface area contributed by atoms with E-state index in [0.717, 1.165) is 32.7 Å². The van der Waals surface area contributed by atoms with E-state index < -0.39 is 0 Å². The van der Waals surface area contributed by atoms with Crippen LogP contribution in [-0.2, 0) is 6.54 Å². The number of nitrogens with zero attached hydrogens (tertiary/aromatic N) is 1. The molecule has 2 rings (SSSR count). The van der Waals surface area contributed by atoms with Gasteiger partial charge in [0.25, 0.3) is 0 Å². The summed E-state index contributed by atoms with van der Waals surface area (Å²) in [4.78, 5) is 2.34. The second-order valence-electron chi connectivity index (χ2n) is 4.80. The van der Waals surface area contributed by atoms with Crippen molar-refractivity contribution in [1.82, 2.24) is 15.5 Å². The highest BCUT2D eigenvalue weighted by molar-refractivity contribution is 5.70. The van der Waals surface area contributed by atoms with Gasteiger partial charge in [0.2, 0.25) is 0 Å². The van der Waals surface area contributed by atoms with Gasteiger partial charge in [0.15, 0.2) is 0 Å². The smallest absolute Gasteiger partial charge is 0.0431 e. The Kier molecular flexibility index (Phi) is 5.24. The molecule has 19 heavy (non-hydrogen) atoms. The van der Waals surface area contributed by atoms with Gasteiger partial charge >= 0.3 is 0 Å². The lowest BCUT2D eigenvalue weighted by Gasteiger charge is -2.26. The van der Waals surface area contributed by atoms with Crippen LogP contribution in [0.1, 0.15) is 11.1 Å². The summed E-state index contributed by atoms with van der Waals surface area (Å²) < 4.78 is 0. The number of nitrogens with one attached hydrogen (secondary N) is 3. The third-order valence-electron chi connectivity index (χ3n) is 3.36. The van der Waals surface area contributed by atoms with Gasteiger partial charge in [-0.05, 0) is 31.8 Å². The molecule has 1 heterocycles. The number of rotatable bonds is 7. The summed E-state index contributed by atoms with van der Waals surface area (Å²) in [6, 6.07) is 6.51. The van der Waals surface area contributed by atoms with Crippen molar-refractivity contribution in [2.24, 2.45) is 0 Å². The van der Waals surface area contributed by atoms with Crippen molar-refractivity contribution >= 4 is 11.8 Å². The maximum Gasteiger partial charge on any atom is 0.0431 e. The van der Waals surface area contributed by atoms with Crippen molar-refractivity contribution in [3.8, 4) is 0 Å². The Balaban J connectivity index is 2.04. The first-order chi connectivity index (χ1) is 9.35. The molecule has 1 aromatic rings. The van der Waals surface area contributed by atoms with Crippen LogP contribution in [0.3, 0.4) is 0 Å². The van der Waals surface area contributed by atoms with Crippen molar-refractivity contribution in [3.05, 3.63) is 35.5 Å². The molecular formula is C15H24N4. The van der Waals surface area contributed by atoms with Crippen molar-refractivity contribution < 1.29 is 0 Å². The quantitative estimate of drug-likeness (QED) is 0.647. The molecule has 104 valence electrons. The van der Waals surface area contributed by atoms with Gasteiger partial charge in [0, 0.05) is 50.2 Å². The van der Waals surface area contributed by atoms with E-state index in [1.807, 2.05) is 14.1 Å². The fraction of sp³-hybridized carbons (Fsp3) is 0.467. The lowest BCUT2D eigenvalue weighted by Crippen LogP contribution is -2.28. The molecule has 0 fully saturated rings. The maximum atomic E-state index is 3.49. The van der Waals surface area contributed by atoms with E-state index in [1.165, 1.54) is 16.8 Å². The Labute approximate surface area is 115 Å². The number of hydrogen-bond donors (Lipinski definition) is 3. The predicted molar refractivity (Wildman–Crippen MR) is 82.2 cm³/mol. The second kappa shape index (κ2) is 7.16. The van der Waals surface area contributed by atoms with E-state index in [2.05, 4.69) is 51.3 Å². The molecule has 0 radical (unpaired) electrons. The van der Waals surface area contributed by atoms with Crippen LogP contribution in [0.25, 0.3) is 6.08 Å². The lowest BCUT2D eigenvalue weighted by atomic mass is 10.0. The number of anilines is 1. The standard InChI is InChI=1S/C15H24N4/c1-16-7-8-18-15-5-3-4-13-12-19(11-9-17-2)10-6-14(13)15/h3-6,10,16-18H,7-9,11-12H2,1-2H3. The summed E-state index contributed by atoms with van der Waals surface area (Å²) in [6.07, 6.45) is 4.42. The van der Waals surface area contributed by atoms with Gasteiger partial charge in [-0.2, -0.15) is 0 Å². The molecule has 0 aliphatic carbocycles. The molecule has 4 nitrogen and oxygen atoms in total. The van der Waals surface area contributed by atoms with E-state index in [4.69, 9.17) is 0 Å². The van der Waals surface area contributed by atoms with Crippen LogP contribution in [0.2, 0.25) is 0 Å². The summed E-state index contributed by atoms with van der Waals surface area (Å²) in [5.41, 5.74) is 3.96. The highest BCUT2D eigenvalue weighted by Crippen LogP contribution is 2.26. The number of hydrogen-bond acceptors (Lipinski definition) is 4. The van der Waals surface area contributed by atoms with Crippen LogP contribution in [-0.4, -0.2) is 45.2 Å². The third-order valence-corrected chi connectivity index (χ3v) is 3.36. The Morgan fingerprint density at radius 2 is 1.95 bits per heavy atom. The monoisotopic (exact) mass is 260 g/mol. The van der Waals surface area contributed by atoms with E-state index in [1.54, 1.807) is 0 Å². The van der Waals surface area contributed by atoms with Gasteiger partial charge in [-0.3, -0.25) is 0 Å². The maximum absolute atomic E-state index is 3.49. The van der Waals surface area contributed by atoms with E-state index >= 15 is 0 Å². The second-order valence-corrected chi connectivity index (χ2v) is 4.80. The molecule has 0 saturated heterocycles. The molecule has 4 heteroatoms. The van der Waals surface area contributed by atoms with Crippen LogP contribution in [0, 0.1) is 0 Å². The van der Waals surface area contributed by atoms with Crippen LogP contribution in [0.5, 0.6) is 0 Å². The first-order valence-electron chi connectivity index (χ1n) is 6.92. The zero-order chi connectivity index (χ0) is 13.5. The molecular weight excluding hydrogens is 236 g/mol. The summed E-state index contributed by atoms with van der Waals surface area (Å²) in [6.45, 7) is 4.98. The summed E-state index contributed by atoms with van der Waals surface area (Å²) >= 11 is 0. The highest BCUT2D eigenvalue weighted by Gasteiger charge is 2.12. The number of fused-ring (bicyclic) bond motifs is 1. The summed E-state index contributed by atoms with van der Waals surface area (Å²) in [5.74, 6) is 0. The Hall–Kier alpha value is -1.52. The minimum absolute atomic E-state index is 0.949. The van der Waals surface area contributed by atoms with Gasteiger partial charge in [-0.15, -0.1) is 0 Å². The van der Waals surface area contributed by atoms with Gasteiger partial charge in [-0.1, -0.05) is 12.1 Å². The third kappa shape index (κ3) is 3.72. The van der Waals surface area contributed by atoms with Gasteiger partial charge in [-0.25, -0.2) is 0 Å². The fourth-order valence-corrected chi connectivity index (χ4v) is 2.28. The molecule has 1 aliphatic rings. The summed E-state index contributed by atoms with van der Waals surface area (Å²) in [7, 11) is 3.97.